The third kappa shape index (κ3) is 3.00. The molecule has 1 aromatic carbocycles. The second-order valence-electron chi connectivity index (χ2n) is 5.31. The minimum atomic E-state index is 0.227. The Morgan fingerprint density at radius 3 is 2.59 bits per heavy atom. The van der Waals surface area contributed by atoms with Gasteiger partial charge in [0.1, 0.15) is 5.52 Å². The minimum absolute atomic E-state index is 0.227. The van der Waals surface area contributed by atoms with Crippen molar-refractivity contribution in [1.82, 2.24) is 19.7 Å². The minimum Gasteiger partial charge on any atom is -0.422 e. The van der Waals surface area contributed by atoms with Crippen LogP contribution in [0.5, 0.6) is 11.8 Å². The van der Waals surface area contributed by atoms with Crippen LogP contribution < -0.4 is 4.74 Å². The highest BCUT2D eigenvalue weighted by Crippen LogP contribution is 2.33. The summed E-state index contributed by atoms with van der Waals surface area (Å²) >= 11 is 12.0. The molecule has 0 bridgehead atoms. The zero-order valence-electron chi connectivity index (χ0n) is 12.1. The number of aromatic nitrogens is 4. The number of halogens is 2. The molecule has 0 saturated carbocycles. The van der Waals surface area contributed by atoms with E-state index < -0.39 is 0 Å². The predicted octanol–water partition coefficient (Wildman–Crippen LogP) is 4.58. The summed E-state index contributed by atoms with van der Waals surface area (Å²) in [6, 6.07) is 5.85. The second-order valence-corrected chi connectivity index (χ2v) is 6.10. The fraction of sp³-hybridized carbons (Fsp3) is 0.267. The highest BCUT2D eigenvalue weighted by molar-refractivity contribution is 6.34. The molecule has 3 rings (SSSR count). The Hall–Kier alpha value is -1.85. The molecule has 22 heavy (non-hydrogen) atoms. The zero-order chi connectivity index (χ0) is 15.7. The molecule has 7 heteroatoms. The Morgan fingerprint density at radius 1 is 1.18 bits per heavy atom. The van der Waals surface area contributed by atoms with E-state index in [1.54, 1.807) is 0 Å². The first-order valence-electron chi connectivity index (χ1n) is 6.85. The van der Waals surface area contributed by atoms with Crippen LogP contribution in [-0.4, -0.2) is 19.7 Å². The van der Waals surface area contributed by atoms with Gasteiger partial charge in [-0.1, -0.05) is 43.1 Å². The van der Waals surface area contributed by atoms with E-state index in [2.05, 4.69) is 28.9 Å². The van der Waals surface area contributed by atoms with E-state index in [0.717, 1.165) is 17.4 Å². The molecular weight excluding hydrogens is 323 g/mol. The Kier molecular flexibility index (Phi) is 4.18. The molecule has 2 heterocycles. The molecule has 0 fully saturated rings. The van der Waals surface area contributed by atoms with Gasteiger partial charge in [-0.3, -0.25) is 4.68 Å². The van der Waals surface area contributed by atoms with E-state index in [0.29, 0.717) is 21.8 Å². The van der Waals surface area contributed by atoms with Crippen molar-refractivity contribution in [2.75, 3.05) is 0 Å². The third-order valence-corrected chi connectivity index (χ3v) is 3.50. The van der Waals surface area contributed by atoms with Crippen molar-refractivity contribution in [3.63, 3.8) is 0 Å². The Bertz CT molecular complexity index is 799. The van der Waals surface area contributed by atoms with Crippen LogP contribution in [-0.2, 0) is 6.54 Å². The lowest BCUT2D eigenvalue weighted by Gasteiger charge is -2.10. The van der Waals surface area contributed by atoms with Gasteiger partial charge in [-0.2, -0.15) is 5.10 Å². The quantitative estimate of drug-likeness (QED) is 0.699. The monoisotopic (exact) mass is 336 g/mol. The van der Waals surface area contributed by atoms with Crippen molar-refractivity contribution in [3.05, 3.63) is 40.8 Å². The average Bonchev–Trinajstić information content (AvgIpc) is 2.78. The summed E-state index contributed by atoms with van der Waals surface area (Å²) in [4.78, 5) is 8.10. The van der Waals surface area contributed by atoms with Gasteiger partial charge in [-0.25, -0.2) is 9.97 Å². The first kappa shape index (κ1) is 15.1. The van der Waals surface area contributed by atoms with Crippen LogP contribution in [0.25, 0.3) is 10.9 Å². The topological polar surface area (TPSA) is 52.8 Å². The molecule has 0 radical (unpaired) electrons. The molecule has 3 aromatic rings. The van der Waals surface area contributed by atoms with E-state index in [1.165, 1.54) is 12.4 Å². The van der Waals surface area contributed by atoms with Gasteiger partial charge in [0, 0.05) is 11.9 Å². The van der Waals surface area contributed by atoms with Crippen molar-refractivity contribution < 1.29 is 4.74 Å². The number of nitrogens with zero attached hydrogens (tertiary/aromatic N) is 4. The molecule has 2 aromatic heterocycles. The lowest BCUT2D eigenvalue weighted by molar-refractivity contribution is 0.437. The SMILES string of the molecule is CC(C)Cn1nc(Cl)c2cccc(Oc3ncc(Cl)cn3)c21. The molecule has 114 valence electrons. The maximum absolute atomic E-state index is 6.22. The number of hydrogen-bond acceptors (Lipinski definition) is 4. The summed E-state index contributed by atoms with van der Waals surface area (Å²) in [5.74, 6) is 1.04. The first-order chi connectivity index (χ1) is 10.5. The summed E-state index contributed by atoms with van der Waals surface area (Å²) < 4.78 is 7.64. The predicted molar refractivity (Wildman–Crippen MR) is 86.7 cm³/mol. The number of fused-ring (bicyclic) bond motifs is 1. The van der Waals surface area contributed by atoms with Gasteiger partial charge >= 0.3 is 6.01 Å². The average molecular weight is 337 g/mol. The maximum Gasteiger partial charge on any atom is 0.322 e. The highest BCUT2D eigenvalue weighted by Gasteiger charge is 2.15. The summed E-state index contributed by atoms with van der Waals surface area (Å²) in [6.45, 7) is 4.98. The molecule has 0 aliphatic carbocycles. The van der Waals surface area contributed by atoms with Gasteiger partial charge in [0.05, 0.1) is 17.4 Å². The van der Waals surface area contributed by atoms with Gasteiger partial charge in [-0.15, -0.1) is 0 Å². The van der Waals surface area contributed by atoms with Crippen LogP contribution >= 0.6 is 23.2 Å². The lowest BCUT2D eigenvalue weighted by atomic mass is 10.2. The van der Waals surface area contributed by atoms with Crippen LogP contribution in [0.2, 0.25) is 10.2 Å². The fourth-order valence-corrected chi connectivity index (χ4v) is 2.52. The van der Waals surface area contributed by atoms with Crippen molar-refractivity contribution in [2.45, 2.75) is 20.4 Å². The van der Waals surface area contributed by atoms with E-state index >= 15 is 0 Å². The molecule has 0 unspecified atom stereocenters. The Morgan fingerprint density at radius 2 is 1.91 bits per heavy atom. The van der Waals surface area contributed by atoms with Crippen molar-refractivity contribution in [1.29, 1.82) is 0 Å². The molecule has 0 atom stereocenters. The molecule has 0 aliphatic rings. The van der Waals surface area contributed by atoms with Crippen molar-refractivity contribution in [2.24, 2.45) is 5.92 Å². The van der Waals surface area contributed by atoms with Crippen LogP contribution in [0.3, 0.4) is 0 Å². The van der Waals surface area contributed by atoms with Crippen LogP contribution in [0.4, 0.5) is 0 Å². The first-order valence-corrected chi connectivity index (χ1v) is 7.60. The van der Waals surface area contributed by atoms with E-state index in [9.17, 15) is 0 Å². The van der Waals surface area contributed by atoms with Crippen LogP contribution in [0, 0.1) is 5.92 Å². The number of rotatable bonds is 4. The smallest absolute Gasteiger partial charge is 0.322 e. The second kappa shape index (κ2) is 6.10. The fourth-order valence-electron chi connectivity index (χ4n) is 2.18. The number of hydrogen-bond donors (Lipinski definition) is 0. The normalized spacial score (nSPS) is 11.3. The van der Waals surface area contributed by atoms with Gasteiger partial charge in [0.2, 0.25) is 0 Å². The largest absolute Gasteiger partial charge is 0.422 e. The highest BCUT2D eigenvalue weighted by atomic mass is 35.5. The summed E-state index contributed by atoms with van der Waals surface area (Å²) in [7, 11) is 0. The number of para-hydroxylation sites is 1. The van der Waals surface area contributed by atoms with Gasteiger partial charge in [0.15, 0.2) is 10.9 Å². The van der Waals surface area contributed by atoms with Gasteiger partial charge in [0.25, 0.3) is 0 Å². The van der Waals surface area contributed by atoms with Crippen LogP contribution in [0.15, 0.2) is 30.6 Å². The lowest BCUT2D eigenvalue weighted by Crippen LogP contribution is -2.06. The van der Waals surface area contributed by atoms with Crippen molar-refractivity contribution in [3.8, 4) is 11.8 Å². The Balaban J connectivity index is 2.06. The zero-order valence-corrected chi connectivity index (χ0v) is 13.6. The van der Waals surface area contributed by atoms with Crippen LogP contribution in [0.1, 0.15) is 13.8 Å². The van der Waals surface area contributed by atoms with E-state index in [1.807, 2.05) is 22.9 Å². The third-order valence-electron chi connectivity index (χ3n) is 3.02. The van der Waals surface area contributed by atoms with E-state index in [-0.39, 0.29) is 6.01 Å². The molecule has 0 saturated heterocycles. The molecule has 0 N–H and O–H groups in total. The molecule has 0 spiro atoms. The molecular formula is C15H14Cl2N4O. The van der Waals surface area contributed by atoms with Gasteiger partial charge < -0.3 is 4.74 Å². The number of ether oxygens (including phenoxy) is 1. The van der Waals surface area contributed by atoms with Gasteiger partial charge in [-0.05, 0) is 18.1 Å². The summed E-state index contributed by atoms with van der Waals surface area (Å²) in [5.41, 5.74) is 0.833. The van der Waals surface area contributed by atoms with E-state index in [4.69, 9.17) is 27.9 Å². The Labute approximate surface area is 137 Å². The summed E-state index contributed by atoms with van der Waals surface area (Å²) in [5, 5.41) is 6.14. The standard InChI is InChI=1S/C15H14Cl2N4O/c1-9(2)8-21-13-11(14(17)20-21)4-3-5-12(13)22-15-18-6-10(16)7-19-15/h3-7,9H,8H2,1-2H3. The maximum atomic E-state index is 6.22. The molecule has 0 amide bonds. The summed E-state index contributed by atoms with van der Waals surface area (Å²) in [6.07, 6.45) is 2.98. The number of benzene rings is 1. The molecule has 5 nitrogen and oxygen atoms in total. The van der Waals surface area contributed by atoms with Crippen molar-refractivity contribution >= 4 is 34.1 Å². The molecule has 0 aliphatic heterocycles.